The molecule has 18 heavy (non-hydrogen) atoms. The fourth-order valence-electron chi connectivity index (χ4n) is 1.67. The van der Waals surface area contributed by atoms with Crippen molar-refractivity contribution in [3.05, 3.63) is 45.1 Å². The Morgan fingerprint density at radius 2 is 1.72 bits per heavy atom. The van der Waals surface area contributed by atoms with Crippen molar-refractivity contribution in [2.75, 3.05) is 14.2 Å². The third-order valence-corrected chi connectivity index (χ3v) is 3.95. The molecule has 96 valence electrons. The number of hydrogen-bond donors (Lipinski definition) is 1. The van der Waals surface area contributed by atoms with Gasteiger partial charge in [0, 0.05) is 10.9 Å². The Bertz CT molecular complexity index is 519. The van der Waals surface area contributed by atoms with Crippen LogP contribution >= 0.6 is 22.9 Å². The van der Waals surface area contributed by atoms with Crippen LogP contribution in [-0.2, 0) is 0 Å². The van der Waals surface area contributed by atoms with Gasteiger partial charge in [-0.3, -0.25) is 0 Å². The van der Waals surface area contributed by atoms with Gasteiger partial charge in [0.05, 0.1) is 24.6 Å². The molecule has 0 saturated heterocycles. The number of nitrogens with two attached hydrogens (primary N) is 1. The highest BCUT2D eigenvalue weighted by atomic mass is 35.5. The van der Waals surface area contributed by atoms with Gasteiger partial charge in [-0.25, -0.2) is 0 Å². The van der Waals surface area contributed by atoms with Crippen molar-refractivity contribution in [2.45, 2.75) is 6.04 Å². The maximum absolute atomic E-state index is 6.22. The Kier molecular flexibility index (Phi) is 4.11. The molecule has 0 aliphatic carbocycles. The zero-order valence-corrected chi connectivity index (χ0v) is 11.7. The van der Waals surface area contributed by atoms with E-state index in [0.717, 1.165) is 26.3 Å². The summed E-state index contributed by atoms with van der Waals surface area (Å²) in [7, 11) is 3.23. The van der Waals surface area contributed by atoms with Gasteiger partial charge in [-0.05, 0) is 29.8 Å². The van der Waals surface area contributed by atoms with Crippen LogP contribution in [0, 0.1) is 0 Å². The molecule has 0 spiro atoms. The summed E-state index contributed by atoms with van der Waals surface area (Å²) < 4.78 is 11.2. The summed E-state index contributed by atoms with van der Waals surface area (Å²) in [5.41, 5.74) is 7.15. The summed E-state index contributed by atoms with van der Waals surface area (Å²) in [6.07, 6.45) is 0. The Hall–Kier alpha value is -1.23. The fraction of sp³-hybridized carbons (Fsp3) is 0.231. The number of ether oxygens (including phenoxy) is 2. The lowest BCUT2D eigenvalue weighted by molar-refractivity contribution is 0.393. The molecule has 0 bridgehead atoms. The zero-order chi connectivity index (χ0) is 13.1. The summed E-state index contributed by atoms with van der Waals surface area (Å²) in [6.45, 7) is 0. The minimum atomic E-state index is -0.230. The van der Waals surface area contributed by atoms with E-state index in [1.54, 1.807) is 14.2 Å². The second-order valence-electron chi connectivity index (χ2n) is 3.77. The average molecular weight is 284 g/mol. The van der Waals surface area contributed by atoms with Crippen LogP contribution in [0.25, 0.3) is 0 Å². The maximum Gasteiger partial charge on any atom is 0.122 e. The van der Waals surface area contributed by atoms with E-state index >= 15 is 0 Å². The molecule has 0 fully saturated rings. The van der Waals surface area contributed by atoms with Gasteiger partial charge >= 0.3 is 0 Å². The molecule has 3 nitrogen and oxygen atoms in total. The van der Waals surface area contributed by atoms with Crippen LogP contribution in [0.15, 0.2) is 30.3 Å². The highest BCUT2D eigenvalue weighted by Gasteiger charge is 2.13. The van der Waals surface area contributed by atoms with Crippen LogP contribution in [0.4, 0.5) is 0 Å². The Morgan fingerprint density at radius 3 is 2.17 bits per heavy atom. The predicted octanol–water partition coefficient (Wildman–Crippen LogP) is 3.47. The summed E-state index contributed by atoms with van der Waals surface area (Å²) in [6, 6.07) is 9.17. The van der Waals surface area contributed by atoms with Crippen molar-refractivity contribution >= 4 is 22.9 Å². The molecule has 0 amide bonds. The van der Waals surface area contributed by atoms with Crippen molar-refractivity contribution in [1.82, 2.24) is 0 Å². The lowest BCUT2D eigenvalue weighted by Gasteiger charge is -2.13. The van der Waals surface area contributed by atoms with Gasteiger partial charge in [0.15, 0.2) is 0 Å². The number of benzene rings is 1. The molecule has 0 saturated carbocycles. The quantitative estimate of drug-likeness (QED) is 0.934. The van der Waals surface area contributed by atoms with Crippen LogP contribution in [0.1, 0.15) is 16.5 Å². The molecular weight excluding hydrogens is 270 g/mol. The van der Waals surface area contributed by atoms with Gasteiger partial charge < -0.3 is 15.2 Å². The molecular formula is C13H14ClNO2S. The molecule has 2 aromatic rings. The van der Waals surface area contributed by atoms with E-state index in [1.165, 1.54) is 11.3 Å². The number of hydrogen-bond acceptors (Lipinski definition) is 4. The maximum atomic E-state index is 6.22. The first-order valence-electron chi connectivity index (χ1n) is 5.38. The van der Waals surface area contributed by atoms with Gasteiger partial charge in [0.25, 0.3) is 0 Å². The van der Waals surface area contributed by atoms with Crippen LogP contribution in [-0.4, -0.2) is 14.2 Å². The molecule has 0 radical (unpaired) electrons. The zero-order valence-electron chi connectivity index (χ0n) is 10.1. The van der Waals surface area contributed by atoms with Gasteiger partial charge in [0.1, 0.15) is 11.5 Å². The molecule has 2 rings (SSSR count). The van der Waals surface area contributed by atoms with E-state index in [4.69, 9.17) is 26.8 Å². The molecule has 1 aromatic heterocycles. The lowest BCUT2D eigenvalue weighted by atomic mass is 10.1. The number of rotatable bonds is 4. The van der Waals surface area contributed by atoms with E-state index in [2.05, 4.69) is 0 Å². The molecule has 1 atom stereocenters. The molecule has 0 aliphatic heterocycles. The van der Waals surface area contributed by atoms with Crippen molar-refractivity contribution in [3.63, 3.8) is 0 Å². The van der Waals surface area contributed by atoms with Gasteiger partial charge in [-0.1, -0.05) is 11.6 Å². The average Bonchev–Trinajstić information content (AvgIpc) is 2.83. The summed E-state index contributed by atoms with van der Waals surface area (Å²) in [5.74, 6) is 1.45. The number of methoxy groups -OCH3 is 2. The molecule has 0 aliphatic rings. The molecule has 1 aromatic carbocycles. The third kappa shape index (κ3) is 2.77. The van der Waals surface area contributed by atoms with E-state index in [-0.39, 0.29) is 6.04 Å². The van der Waals surface area contributed by atoms with Crippen LogP contribution in [0.5, 0.6) is 11.5 Å². The first-order valence-corrected chi connectivity index (χ1v) is 6.57. The third-order valence-electron chi connectivity index (χ3n) is 2.63. The van der Waals surface area contributed by atoms with Gasteiger partial charge in [-0.2, -0.15) is 0 Å². The predicted molar refractivity (Wildman–Crippen MR) is 74.9 cm³/mol. The number of thiophene rings is 1. The largest absolute Gasteiger partial charge is 0.497 e. The van der Waals surface area contributed by atoms with Crippen LogP contribution in [0.3, 0.4) is 0 Å². The Labute approximate surface area is 115 Å². The first-order chi connectivity index (χ1) is 8.63. The van der Waals surface area contributed by atoms with Crippen molar-refractivity contribution in [2.24, 2.45) is 5.73 Å². The summed E-state index contributed by atoms with van der Waals surface area (Å²) in [4.78, 5) is 1.01. The van der Waals surface area contributed by atoms with Gasteiger partial charge in [0.2, 0.25) is 0 Å². The molecule has 5 heteroatoms. The Balaban J connectivity index is 2.37. The van der Waals surface area contributed by atoms with Crippen LogP contribution in [0.2, 0.25) is 4.34 Å². The van der Waals surface area contributed by atoms with Gasteiger partial charge in [-0.15, -0.1) is 11.3 Å². The van der Waals surface area contributed by atoms with Crippen molar-refractivity contribution in [3.8, 4) is 11.5 Å². The SMILES string of the molecule is COc1cc(OC)cc(C(N)c2ccc(Cl)s2)c1. The van der Waals surface area contributed by atoms with Crippen molar-refractivity contribution < 1.29 is 9.47 Å². The first kappa shape index (κ1) is 13.2. The molecule has 1 heterocycles. The van der Waals surface area contributed by atoms with Crippen molar-refractivity contribution in [1.29, 1.82) is 0 Å². The fourth-order valence-corrected chi connectivity index (χ4v) is 2.76. The topological polar surface area (TPSA) is 44.5 Å². The standard InChI is InChI=1S/C13H14ClNO2S/c1-16-9-5-8(6-10(7-9)17-2)13(15)11-3-4-12(14)18-11/h3-7,13H,15H2,1-2H3. The van der Waals surface area contributed by atoms with Crippen LogP contribution < -0.4 is 15.2 Å². The van der Waals surface area contributed by atoms with E-state index < -0.39 is 0 Å². The summed E-state index contributed by atoms with van der Waals surface area (Å²) >= 11 is 7.40. The Morgan fingerprint density at radius 1 is 1.11 bits per heavy atom. The second-order valence-corrected chi connectivity index (χ2v) is 5.51. The lowest BCUT2D eigenvalue weighted by Crippen LogP contribution is -2.10. The smallest absolute Gasteiger partial charge is 0.122 e. The minimum absolute atomic E-state index is 0.230. The van der Waals surface area contributed by atoms with E-state index in [1.807, 2.05) is 30.3 Å². The summed E-state index contributed by atoms with van der Waals surface area (Å²) in [5, 5.41) is 0. The minimum Gasteiger partial charge on any atom is -0.497 e. The molecule has 1 unspecified atom stereocenters. The number of halogens is 1. The normalized spacial score (nSPS) is 12.2. The van der Waals surface area contributed by atoms with E-state index in [9.17, 15) is 0 Å². The second kappa shape index (κ2) is 5.61. The van der Waals surface area contributed by atoms with E-state index in [0.29, 0.717) is 0 Å². The monoisotopic (exact) mass is 283 g/mol. The highest BCUT2D eigenvalue weighted by Crippen LogP contribution is 2.33. The highest BCUT2D eigenvalue weighted by molar-refractivity contribution is 7.16. The molecule has 2 N–H and O–H groups in total.